The Hall–Kier alpha value is -3.70. The molecule has 2 aliphatic rings. The van der Waals surface area contributed by atoms with E-state index in [9.17, 15) is 23.1 Å². The van der Waals surface area contributed by atoms with Crippen molar-refractivity contribution in [3.63, 3.8) is 0 Å². The van der Waals surface area contributed by atoms with Crippen molar-refractivity contribution < 1.29 is 23.1 Å². The van der Waals surface area contributed by atoms with Gasteiger partial charge in [0.15, 0.2) is 11.5 Å². The zero-order valence-electron chi connectivity index (χ0n) is 19.3. The topological polar surface area (TPSA) is 130 Å². The molecule has 2 unspecified atom stereocenters. The number of aliphatic hydroxyl groups excluding tert-OH is 1. The first kappa shape index (κ1) is 24.0. The third-order valence-electron chi connectivity index (χ3n) is 6.61. The van der Waals surface area contributed by atoms with Crippen molar-refractivity contribution in [2.75, 3.05) is 29.0 Å². The van der Waals surface area contributed by atoms with Gasteiger partial charge in [0.05, 0.1) is 40.6 Å². The molecule has 1 fully saturated rings. The molecule has 5 rings (SSSR count). The summed E-state index contributed by atoms with van der Waals surface area (Å²) in [5.74, 6) is -3.91. The summed E-state index contributed by atoms with van der Waals surface area (Å²) < 4.78 is 43.3. The maximum absolute atomic E-state index is 14.6. The van der Waals surface area contributed by atoms with Crippen molar-refractivity contribution in [2.24, 2.45) is 5.73 Å². The second-order valence-corrected chi connectivity index (χ2v) is 9.09. The minimum absolute atomic E-state index is 0.0509. The Morgan fingerprint density at radius 1 is 1.17 bits per heavy atom. The van der Waals surface area contributed by atoms with Crippen LogP contribution in [0, 0.1) is 17.5 Å². The predicted octanol–water partition coefficient (Wildman–Crippen LogP) is 3.30. The standard InChI is InChI=1S/C25H25F3N6O2/c26-14-4-1-5-15(27)20(14)22-16(28)9-17(30)23(33-22)25(36)32-18-10-31-21-13(6-7-19(21)35)24(18)34-8-2-3-12(29)11-34/h1,4-5,9-10,12,19,35H,2-3,6-8,11,29-30H2,(H,32,36). The number of hydrogen-bond donors (Lipinski definition) is 4. The molecule has 1 saturated heterocycles. The summed E-state index contributed by atoms with van der Waals surface area (Å²) in [5.41, 5.74) is 12.5. The van der Waals surface area contributed by atoms with Gasteiger partial charge in [0.2, 0.25) is 0 Å². The van der Waals surface area contributed by atoms with Crippen LogP contribution in [-0.4, -0.2) is 40.1 Å². The largest absolute Gasteiger partial charge is 0.397 e. The number of aliphatic hydroxyl groups is 1. The molecule has 2 atom stereocenters. The zero-order valence-corrected chi connectivity index (χ0v) is 19.3. The minimum Gasteiger partial charge on any atom is -0.397 e. The van der Waals surface area contributed by atoms with Crippen LogP contribution in [0.1, 0.15) is 47.1 Å². The van der Waals surface area contributed by atoms with Crippen LogP contribution in [0.2, 0.25) is 0 Å². The van der Waals surface area contributed by atoms with Crippen LogP contribution < -0.4 is 21.7 Å². The second-order valence-electron chi connectivity index (χ2n) is 9.09. The van der Waals surface area contributed by atoms with E-state index in [-0.39, 0.29) is 11.7 Å². The van der Waals surface area contributed by atoms with Gasteiger partial charge in [0.25, 0.3) is 5.91 Å². The Labute approximate surface area is 205 Å². The molecule has 1 aromatic carbocycles. The average molecular weight is 499 g/mol. The van der Waals surface area contributed by atoms with Gasteiger partial charge in [-0.25, -0.2) is 18.2 Å². The zero-order chi connectivity index (χ0) is 25.6. The fourth-order valence-corrected chi connectivity index (χ4v) is 4.94. The van der Waals surface area contributed by atoms with Gasteiger partial charge in [0.1, 0.15) is 17.3 Å². The Morgan fingerprint density at radius 2 is 1.92 bits per heavy atom. The number of fused-ring (bicyclic) bond motifs is 1. The molecule has 8 nitrogen and oxygen atoms in total. The van der Waals surface area contributed by atoms with Crippen LogP contribution in [0.25, 0.3) is 11.3 Å². The van der Waals surface area contributed by atoms with Crippen molar-refractivity contribution in [2.45, 2.75) is 37.8 Å². The van der Waals surface area contributed by atoms with E-state index in [2.05, 4.69) is 20.2 Å². The van der Waals surface area contributed by atoms with Gasteiger partial charge >= 0.3 is 0 Å². The van der Waals surface area contributed by atoms with Gasteiger partial charge < -0.3 is 26.8 Å². The van der Waals surface area contributed by atoms with Crippen LogP contribution in [0.3, 0.4) is 0 Å². The minimum atomic E-state index is -1.07. The fourth-order valence-electron chi connectivity index (χ4n) is 4.94. The number of aromatic nitrogens is 2. The Balaban J connectivity index is 1.55. The number of nitrogens with one attached hydrogen (secondary N) is 1. The first-order chi connectivity index (χ1) is 17.2. The third-order valence-corrected chi connectivity index (χ3v) is 6.61. The van der Waals surface area contributed by atoms with Gasteiger partial charge in [-0.05, 0) is 37.8 Å². The van der Waals surface area contributed by atoms with E-state index in [0.717, 1.165) is 42.7 Å². The van der Waals surface area contributed by atoms with Gasteiger partial charge in [-0.15, -0.1) is 0 Å². The van der Waals surface area contributed by atoms with E-state index in [1.165, 1.54) is 6.20 Å². The highest BCUT2D eigenvalue weighted by molar-refractivity contribution is 6.08. The lowest BCUT2D eigenvalue weighted by molar-refractivity contribution is 0.102. The molecule has 0 bridgehead atoms. The number of carbonyl (C=O) groups excluding carboxylic acids is 1. The Kier molecular flexibility index (Phi) is 6.27. The van der Waals surface area contributed by atoms with Gasteiger partial charge in [-0.3, -0.25) is 9.78 Å². The molecule has 1 aliphatic carbocycles. The summed E-state index contributed by atoms with van der Waals surface area (Å²) in [6.45, 7) is 1.26. The van der Waals surface area contributed by atoms with Crippen LogP contribution in [0.5, 0.6) is 0 Å². The highest BCUT2D eigenvalue weighted by Crippen LogP contribution is 2.41. The van der Waals surface area contributed by atoms with E-state index >= 15 is 0 Å². The monoisotopic (exact) mass is 498 g/mol. The molecular weight excluding hydrogens is 473 g/mol. The molecule has 3 aromatic rings. The number of nitrogens with zero attached hydrogens (tertiary/aromatic N) is 3. The van der Waals surface area contributed by atoms with E-state index in [1.807, 2.05) is 0 Å². The van der Waals surface area contributed by atoms with Crippen LogP contribution in [0.15, 0.2) is 30.5 Å². The molecule has 0 spiro atoms. The van der Waals surface area contributed by atoms with Crippen molar-refractivity contribution in [3.8, 4) is 11.3 Å². The number of halogens is 3. The normalized spacial score (nSPS) is 19.3. The Bertz CT molecular complexity index is 1330. The van der Waals surface area contributed by atoms with Crippen molar-refractivity contribution in [3.05, 3.63) is 64.9 Å². The number of nitrogen functional groups attached to an aromatic ring is 1. The van der Waals surface area contributed by atoms with Crippen molar-refractivity contribution in [1.82, 2.24) is 9.97 Å². The highest BCUT2D eigenvalue weighted by atomic mass is 19.1. The summed E-state index contributed by atoms with van der Waals surface area (Å²) in [4.78, 5) is 23.6. The summed E-state index contributed by atoms with van der Waals surface area (Å²) in [6.07, 6.45) is 3.56. The van der Waals surface area contributed by atoms with Crippen molar-refractivity contribution in [1.29, 1.82) is 0 Å². The number of hydrogen-bond acceptors (Lipinski definition) is 7. The average Bonchev–Trinajstić information content (AvgIpc) is 3.20. The number of pyridine rings is 2. The molecule has 36 heavy (non-hydrogen) atoms. The molecule has 1 amide bonds. The summed E-state index contributed by atoms with van der Waals surface area (Å²) in [7, 11) is 0. The van der Waals surface area contributed by atoms with Crippen LogP contribution in [-0.2, 0) is 6.42 Å². The van der Waals surface area contributed by atoms with E-state index in [1.54, 1.807) is 0 Å². The quantitative estimate of drug-likeness (QED) is 0.434. The van der Waals surface area contributed by atoms with E-state index < -0.39 is 46.4 Å². The van der Waals surface area contributed by atoms with Crippen molar-refractivity contribution >= 4 is 23.0 Å². The lowest BCUT2D eigenvalue weighted by Crippen LogP contribution is -2.43. The molecule has 0 radical (unpaired) electrons. The van der Waals surface area contributed by atoms with Gasteiger partial charge in [-0.1, -0.05) is 6.07 Å². The molecule has 188 valence electrons. The molecule has 6 N–H and O–H groups in total. The lowest BCUT2D eigenvalue weighted by atomic mass is 10.0. The van der Waals surface area contributed by atoms with Crippen LogP contribution >= 0.6 is 0 Å². The maximum Gasteiger partial charge on any atom is 0.276 e. The molecule has 11 heteroatoms. The number of rotatable bonds is 4. The SMILES string of the molecule is Nc1cc(F)c(-c2c(F)cccc2F)nc1C(=O)Nc1cnc2c(c1N1CCCC(N)C1)CCC2O. The Morgan fingerprint density at radius 3 is 2.64 bits per heavy atom. The summed E-state index contributed by atoms with van der Waals surface area (Å²) in [5, 5.41) is 13.1. The predicted molar refractivity (Wildman–Crippen MR) is 129 cm³/mol. The number of amides is 1. The van der Waals surface area contributed by atoms with Gasteiger partial charge in [0, 0.05) is 30.8 Å². The van der Waals surface area contributed by atoms with Crippen LogP contribution in [0.4, 0.5) is 30.2 Å². The number of anilines is 3. The number of piperidine rings is 1. The number of nitrogens with two attached hydrogens (primary N) is 2. The molecule has 3 heterocycles. The lowest BCUT2D eigenvalue weighted by Gasteiger charge is -2.35. The first-order valence-corrected chi connectivity index (χ1v) is 11.7. The molecular formula is C25H25F3N6O2. The summed E-state index contributed by atoms with van der Waals surface area (Å²) in [6, 6.07) is 3.84. The molecule has 2 aromatic heterocycles. The molecule has 1 aliphatic heterocycles. The number of carbonyl (C=O) groups is 1. The maximum atomic E-state index is 14.6. The number of benzene rings is 1. The second kappa shape index (κ2) is 9.40. The molecule has 0 saturated carbocycles. The van der Waals surface area contributed by atoms with Gasteiger partial charge in [-0.2, -0.15) is 0 Å². The first-order valence-electron chi connectivity index (χ1n) is 11.7. The smallest absolute Gasteiger partial charge is 0.276 e. The highest BCUT2D eigenvalue weighted by Gasteiger charge is 2.31. The fraction of sp³-hybridized carbons (Fsp3) is 0.320. The third kappa shape index (κ3) is 4.24. The summed E-state index contributed by atoms with van der Waals surface area (Å²) >= 11 is 0. The van der Waals surface area contributed by atoms with E-state index in [4.69, 9.17) is 11.5 Å². The van der Waals surface area contributed by atoms with E-state index in [0.29, 0.717) is 43.0 Å².